The molecule has 8 nitrogen and oxygen atoms in total. The average Bonchev–Trinajstić information content (AvgIpc) is 1.49. The number of fused-ring (bicyclic) bond motifs is 24. The van der Waals surface area contributed by atoms with Gasteiger partial charge in [0, 0.05) is 154 Å². The molecule has 0 aliphatic carbocycles. The highest BCUT2D eigenvalue weighted by atomic mass is 15.2. The summed E-state index contributed by atoms with van der Waals surface area (Å²) in [5.41, 5.74) is 40.3. The highest BCUT2D eigenvalue weighted by Gasteiger charge is 2.38. The van der Waals surface area contributed by atoms with Crippen LogP contribution in [0.25, 0.3) is 197 Å². The molecule has 30 rings (SSSR count). The minimum absolute atomic E-state index is 0.626. The van der Waals surface area contributed by atoms with Crippen LogP contribution in [-0.4, -0.2) is 17.6 Å². The molecule has 0 radical (unpaired) electrons. The average molecular weight is 1810 g/mol. The smallest absolute Gasteiger partial charge is 0.0642 e. The second kappa shape index (κ2) is 31.1. The molecule has 0 N–H and O–H groups in total. The van der Waals surface area contributed by atoms with E-state index in [1.807, 2.05) is 0 Å². The monoisotopic (exact) mass is 1810 g/mol. The number of aromatic nitrogens is 4. The second-order valence-corrected chi connectivity index (χ2v) is 38.0. The van der Waals surface area contributed by atoms with Crippen LogP contribution in [0.5, 0.6) is 0 Å². The van der Waals surface area contributed by atoms with Gasteiger partial charge >= 0.3 is 0 Å². The molecule has 0 bridgehead atoms. The third-order valence-corrected chi connectivity index (χ3v) is 30.5. The lowest BCUT2D eigenvalue weighted by Crippen LogP contribution is -2.13. The van der Waals surface area contributed by atoms with Crippen molar-refractivity contribution in [3.8, 4) is 44.5 Å². The van der Waals surface area contributed by atoms with Crippen molar-refractivity contribution < 1.29 is 0 Å². The summed E-state index contributed by atoms with van der Waals surface area (Å²) in [5.74, 6) is 0. The van der Waals surface area contributed by atoms with Crippen molar-refractivity contribution >= 4 is 221 Å². The Hall–Kier alpha value is -18.8. The van der Waals surface area contributed by atoms with Gasteiger partial charge in [0.1, 0.15) is 0 Å². The summed E-state index contributed by atoms with van der Waals surface area (Å²) in [7, 11) is 0. The Labute approximate surface area is 818 Å². The first-order chi connectivity index (χ1) is 70.5. The van der Waals surface area contributed by atoms with Crippen LogP contribution in [0.15, 0.2) is 491 Å². The number of aryl methyl sites for hydroxylation is 1. The quantitative estimate of drug-likeness (QED) is 0.0857. The van der Waals surface area contributed by atoms with Crippen LogP contribution < -0.4 is 19.6 Å². The van der Waals surface area contributed by atoms with Crippen molar-refractivity contribution in [2.75, 3.05) is 19.6 Å². The standard InChI is InChI=1S/C134H86N8/c1-84-42-29-35-68-105(84)137(94-59-25-9-26-60-94)113-80-76-103-125-117(88-48-15-4-16-49-88)134-126(118(89-50-17-5-18-51-89)133(125)141-109-72-39-33-66-99(109)121(113)129(103)141)104-77-81-114(122-100-67-34-40-73-110(100)142(134)130(104)122)138(95-61-27-10-28-62-95)106-69-36-30-52-90(106)82-85-43-41-63-96(83-85)136(93-57-23-8-24-58-93)112-79-75-102-124-116(87-46-13-3-14-47-87)131-123(115(86-44-11-2-12-45-86)132(124)140-108-71-38-32-65-98(108)120(112)128(102)140)101-74-78-111(119-97-64-31-37-70-107(97)139(131)127(101)119)135(91-53-19-6-20-54-91)92-55-21-7-22-56-92/h2-81,83H,82H2,1H3. The molecule has 662 valence electrons. The zero-order valence-electron chi connectivity index (χ0n) is 77.6. The molecule has 0 saturated carbocycles. The van der Waals surface area contributed by atoms with Gasteiger partial charge in [-0.1, -0.05) is 358 Å². The van der Waals surface area contributed by atoms with E-state index < -0.39 is 0 Å². The van der Waals surface area contributed by atoms with Crippen molar-refractivity contribution in [1.29, 1.82) is 0 Å². The Morgan fingerprint density at radius 3 is 0.739 bits per heavy atom. The molecule has 8 heterocycles. The maximum atomic E-state index is 2.67. The number of hydrogen-bond acceptors (Lipinski definition) is 4. The van der Waals surface area contributed by atoms with Crippen molar-refractivity contribution in [2.24, 2.45) is 0 Å². The third-order valence-electron chi connectivity index (χ3n) is 30.5. The molecule has 0 aliphatic heterocycles. The molecule has 30 aromatic rings. The Morgan fingerprint density at radius 1 is 0.169 bits per heavy atom. The molecule has 0 atom stereocenters. The molecular weight excluding hydrogens is 1720 g/mol. The Balaban J connectivity index is 0.621. The minimum Gasteiger partial charge on any atom is -0.310 e. The summed E-state index contributed by atoms with van der Waals surface area (Å²) < 4.78 is 10.6. The van der Waals surface area contributed by atoms with Crippen LogP contribution in [0.3, 0.4) is 0 Å². The number of para-hydroxylation sites is 11. The number of rotatable bonds is 18. The van der Waals surface area contributed by atoms with Gasteiger partial charge in [0.25, 0.3) is 0 Å². The number of hydrogen-bond donors (Lipinski definition) is 0. The summed E-state index contributed by atoms with van der Waals surface area (Å²) in [6.45, 7) is 2.23. The molecule has 0 aliphatic rings. The van der Waals surface area contributed by atoms with Crippen LogP contribution in [0.4, 0.5) is 68.2 Å². The lowest BCUT2D eigenvalue weighted by atomic mass is 9.89. The summed E-state index contributed by atoms with van der Waals surface area (Å²) in [5, 5.41) is 19.2. The fourth-order valence-electron chi connectivity index (χ4n) is 25.0. The number of benzene rings is 22. The summed E-state index contributed by atoms with van der Waals surface area (Å²) >= 11 is 0. The van der Waals surface area contributed by atoms with E-state index in [1.165, 1.54) is 169 Å². The summed E-state index contributed by atoms with van der Waals surface area (Å²) in [6.07, 6.45) is 0.626. The van der Waals surface area contributed by atoms with Gasteiger partial charge in [-0.25, -0.2) is 0 Å². The van der Waals surface area contributed by atoms with Crippen LogP contribution in [0.2, 0.25) is 0 Å². The fraction of sp³-hybridized carbons (Fsp3) is 0.0149. The van der Waals surface area contributed by atoms with Gasteiger partial charge in [0.05, 0.1) is 88.9 Å². The molecule has 8 aromatic heterocycles. The van der Waals surface area contributed by atoms with E-state index in [9.17, 15) is 0 Å². The van der Waals surface area contributed by atoms with Crippen LogP contribution in [-0.2, 0) is 6.42 Å². The normalized spacial score (nSPS) is 12.1. The van der Waals surface area contributed by atoms with Gasteiger partial charge in [-0.15, -0.1) is 0 Å². The molecule has 0 unspecified atom stereocenters. The Kier molecular flexibility index (Phi) is 17.4. The van der Waals surface area contributed by atoms with E-state index in [2.05, 4.69) is 536 Å². The van der Waals surface area contributed by atoms with E-state index in [4.69, 9.17) is 0 Å². The predicted molar refractivity (Wildman–Crippen MR) is 600 cm³/mol. The van der Waals surface area contributed by atoms with Crippen LogP contribution in [0.1, 0.15) is 16.7 Å². The van der Waals surface area contributed by atoms with Crippen molar-refractivity contribution in [1.82, 2.24) is 17.6 Å². The van der Waals surface area contributed by atoms with E-state index >= 15 is 0 Å². The minimum atomic E-state index is 0.626. The fourth-order valence-corrected chi connectivity index (χ4v) is 25.0. The van der Waals surface area contributed by atoms with Crippen LogP contribution in [0, 0.1) is 6.92 Å². The molecular formula is C134H86N8. The molecule has 0 spiro atoms. The van der Waals surface area contributed by atoms with Crippen LogP contribution >= 0.6 is 0 Å². The van der Waals surface area contributed by atoms with Crippen molar-refractivity contribution in [3.05, 3.63) is 508 Å². The van der Waals surface area contributed by atoms with E-state index in [-0.39, 0.29) is 0 Å². The summed E-state index contributed by atoms with van der Waals surface area (Å²) in [4.78, 5) is 10.0. The van der Waals surface area contributed by atoms with E-state index in [1.54, 1.807) is 0 Å². The van der Waals surface area contributed by atoms with Gasteiger partial charge in [-0.3, -0.25) is 0 Å². The largest absolute Gasteiger partial charge is 0.310 e. The molecule has 8 heteroatoms. The van der Waals surface area contributed by atoms with E-state index in [0.29, 0.717) is 6.42 Å². The van der Waals surface area contributed by atoms with Gasteiger partial charge in [0.2, 0.25) is 0 Å². The zero-order chi connectivity index (χ0) is 93.0. The first kappa shape index (κ1) is 79.5. The molecule has 142 heavy (non-hydrogen) atoms. The zero-order valence-corrected chi connectivity index (χ0v) is 77.6. The lowest BCUT2D eigenvalue weighted by molar-refractivity contribution is 1.15. The van der Waals surface area contributed by atoms with E-state index in [0.717, 1.165) is 113 Å². The summed E-state index contributed by atoms with van der Waals surface area (Å²) in [6, 6.07) is 183. The number of anilines is 12. The molecule has 22 aromatic carbocycles. The first-order valence-corrected chi connectivity index (χ1v) is 49.2. The predicted octanol–water partition coefficient (Wildman–Crippen LogP) is 36.7. The van der Waals surface area contributed by atoms with Gasteiger partial charge in [-0.2, -0.15) is 0 Å². The van der Waals surface area contributed by atoms with Gasteiger partial charge in [0.15, 0.2) is 0 Å². The molecule has 0 fully saturated rings. The van der Waals surface area contributed by atoms with Gasteiger partial charge in [-0.05, 0) is 186 Å². The second-order valence-electron chi connectivity index (χ2n) is 38.0. The van der Waals surface area contributed by atoms with Gasteiger partial charge < -0.3 is 37.2 Å². The lowest BCUT2D eigenvalue weighted by Gasteiger charge is -2.29. The molecule has 0 amide bonds. The molecule has 0 saturated heterocycles. The first-order valence-electron chi connectivity index (χ1n) is 49.2. The Bertz CT molecular complexity index is 10200. The Morgan fingerprint density at radius 2 is 0.415 bits per heavy atom. The maximum Gasteiger partial charge on any atom is 0.0642 e. The topological polar surface area (TPSA) is 30.6 Å². The maximum absolute atomic E-state index is 2.67. The van der Waals surface area contributed by atoms with Crippen molar-refractivity contribution in [3.63, 3.8) is 0 Å². The SMILES string of the molecule is Cc1ccccc1N(c1ccccc1)c1ccc2c3c(-c4ccccc4)c4c(c(-c5ccccc5)c3n3c5ccccc5c1c23)c1ccc(N(c2ccccc2)c2ccccc2Cc2cccc(N(c3ccccc3)c3ccc5c6c(-c7ccccc7)c7c(c(-c8ccccc8)c6n6c8ccccc8c3c56)c3ccc(N(c5ccccc5)c5ccccc5)c5c6ccccc6n7c35)c2)c2c3ccccc3n4c12. The number of nitrogens with zero attached hydrogens (tertiary/aromatic N) is 8. The highest BCUT2D eigenvalue weighted by Crippen LogP contribution is 2.62. The highest BCUT2D eigenvalue weighted by molar-refractivity contribution is 6.43. The third kappa shape index (κ3) is 11.3. The van der Waals surface area contributed by atoms with Crippen molar-refractivity contribution in [2.45, 2.75) is 13.3 Å².